The Bertz CT molecular complexity index is 1390. The second-order valence-corrected chi connectivity index (χ2v) is 15.5. The number of hydrogen-bond acceptors (Lipinski definition) is 8. The molecule has 1 aromatic carbocycles. The maximum Gasteiger partial charge on any atom is 0.306 e. The van der Waals surface area contributed by atoms with Gasteiger partial charge in [-0.05, 0) is 49.0 Å². The van der Waals surface area contributed by atoms with Crippen molar-refractivity contribution in [2.24, 2.45) is 29.4 Å². The number of nitrogens with two attached hydrogens (primary N) is 1. The van der Waals surface area contributed by atoms with E-state index in [-0.39, 0.29) is 53.6 Å². The average Bonchev–Trinajstić information content (AvgIpc) is 3.62. The van der Waals surface area contributed by atoms with Gasteiger partial charge < -0.3 is 31.1 Å². The number of nitrogens with zero attached hydrogens (tertiary/aromatic N) is 2. The molecule has 0 bridgehead atoms. The molecule has 12 heteroatoms. The second kappa shape index (κ2) is 22.7. The Morgan fingerprint density at radius 3 is 2.13 bits per heavy atom. The summed E-state index contributed by atoms with van der Waals surface area (Å²) in [7, 11) is 0. The van der Waals surface area contributed by atoms with Gasteiger partial charge >= 0.3 is 5.97 Å². The van der Waals surface area contributed by atoms with Gasteiger partial charge in [0.15, 0.2) is 0 Å². The molecule has 11 nitrogen and oxygen atoms in total. The Morgan fingerprint density at radius 1 is 0.923 bits per heavy atom. The number of carboxylic acid groups (broad SMARTS) is 1. The van der Waals surface area contributed by atoms with Gasteiger partial charge in [0.25, 0.3) is 5.91 Å². The number of amides is 3. The van der Waals surface area contributed by atoms with E-state index in [0.29, 0.717) is 37.4 Å². The van der Waals surface area contributed by atoms with Crippen LogP contribution in [0.3, 0.4) is 0 Å². The van der Waals surface area contributed by atoms with Crippen molar-refractivity contribution in [1.29, 1.82) is 0 Å². The number of aliphatic carboxylic acids is 1. The molecule has 2 rings (SSSR count). The van der Waals surface area contributed by atoms with Crippen molar-refractivity contribution in [1.82, 2.24) is 20.5 Å². The van der Waals surface area contributed by atoms with Crippen molar-refractivity contribution in [3.63, 3.8) is 0 Å². The minimum Gasteiger partial charge on any atom is -0.481 e. The van der Waals surface area contributed by atoms with Crippen molar-refractivity contribution in [2.75, 3.05) is 13.2 Å². The maximum absolute atomic E-state index is 14.5. The molecule has 1 heterocycles. The number of thiazole rings is 1. The van der Waals surface area contributed by atoms with E-state index in [2.05, 4.69) is 24.5 Å². The van der Waals surface area contributed by atoms with Crippen LogP contribution in [0, 0.1) is 23.7 Å². The van der Waals surface area contributed by atoms with E-state index >= 15 is 0 Å². The summed E-state index contributed by atoms with van der Waals surface area (Å²) < 4.78 is 6.39. The van der Waals surface area contributed by atoms with Gasteiger partial charge in [-0.2, -0.15) is 0 Å². The molecule has 8 atom stereocenters. The van der Waals surface area contributed by atoms with Crippen LogP contribution in [0.25, 0.3) is 0 Å². The molecule has 0 spiro atoms. The number of hydrogen-bond donors (Lipinski definition) is 4. The highest BCUT2D eigenvalue weighted by Crippen LogP contribution is 2.32. The molecule has 0 saturated carbocycles. The SMILES string of the molecule is CCCO[C@H](C[C@H](C(C)C)N(CCC)C(=O)[C@@H](NC(=O)[C@H](N)[C@@H](C)CC)[C@@H](C)CC)c1nc(C(=O)N[C@@H](Cc2ccccc2)C[C@H](C)C(=O)O)cs1. The van der Waals surface area contributed by atoms with Gasteiger partial charge in [0.2, 0.25) is 11.8 Å². The zero-order chi connectivity index (χ0) is 39.0. The number of ether oxygens (including phenoxy) is 1. The number of carbonyl (C=O) groups is 4. The topological polar surface area (TPSA) is 164 Å². The van der Waals surface area contributed by atoms with Crippen LogP contribution in [0.4, 0.5) is 0 Å². The Kier molecular flexibility index (Phi) is 19.5. The quantitative estimate of drug-likeness (QED) is 0.0932. The van der Waals surface area contributed by atoms with Gasteiger partial charge in [0.1, 0.15) is 22.8 Å². The first-order chi connectivity index (χ1) is 24.7. The van der Waals surface area contributed by atoms with Crippen LogP contribution in [0.1, 0.15) is 128 Å². The number of aromatic nitrogens is 1. The predicted molar refractivity (Wildman–Crippen MR) is 208 cm³/mol. The fourth-order valence-corrected chi connectivity index (χ4v) is 7.06. The molecule has 1 aromatic heterocycles. The number of carbonyl (C=O) groups excluding carboxylic acids is 3. The summed E-state index contributed by atoms with van der Waals surface area (Å²) in [6, 6.07) is 7.59. The van der Waals surface area contributed by atoms with Gasteiger partial charge in [0.05, 0.1) is 12.0 Å². The summed E-state index contributed by atoms with van der Waals surface area (Å²) in [6.07, 6.45) is 3.71. The van der Waals surface area contributed by atoms with E-state index in [1.54, 1.807) is 12.3 Å². The molecule has 0 aliphatic rings. The van der Waals surface area contributed by atoms with Gasteiger partial charge in [-0.1, -0.05) is 105 Å². The van der Waals surface area contributed by atoms with Crippen molar-refractivity contribution < 1.29 is 29.0 Å². The summed E-state index contributed by atoms with van der Waals surface area (Å²) in [4.78, 5) is 59.6. The molecule has 0 fully saturated rings. The minimum absolute atomic E-state index is 0.0207. The predicted octanol–water partition coefficient (Wildman–Crippen LogP) is 6.62. The number of nitrogens with one attached hydrogen (secondary N) is 2. The first kappa shape index (κ1) is 44.8. The monoisotopic (exact) mass is 743 g/mol. The molecule has 52 heavy (non-hydrogen) atoms. The summed E-state index contributed by atoms with van der Waals surface area (Å²) in [5, 5.41) is 18.0. The number of rotatable bonds is 24. The third-order valence-electron chi connectivity index (χ3n) is 9.98. The largest absolute Gasteiger partial charge is 0.481 e. The molecule has 0 saturated heterocycles. The minimum atomic E-state index is -0.915. The zero-order valence-electron chi connectivity index (χ0n) is 32.9. The van der Waals surface area contributed by atoms with Crippen molar-refractivity contribution in [2.45, 2.75) is 138 Å². The van der Waals surface area contributed by atoms with Crippen LogP contribution in [0.2, 0.25) is 0 Å². The van der Waals surface area contributed by atoms with Gasteiger partial charge in [-0.15, -0.1) is 11.3 Å². The number of benzene rings is 1. The first-order valence-corrected chi connectivity index (χ1v) is 20.1. The summed E-state index contributed by atoms with van der Waals surface area (Å²) >= 11 is 1.34. The summed E-state index contributed by atoms with van der Waals surface area (Å²) in [6.45, 7) is 18.8. The lowest BCUT2D eigenvalue weighted by molar-refractivity contribution is -0.142. The maximum atomic E-state index is 14.5. The third kappa shape index (κ3) is 13.6. The van der Waals surface area contributed by atoms with Gasteiger partial charge in [-0.25, -0.2) is 4.98 Å². The fraction of sp³-hybridized carbons (Fsp3) is 0.675. The smallest absolute Gasteiger partial charge is 0.306 e. The molecule has 0 aliphatic heterocycles. The lowest BCUT2D eigenvalue weighted by atomic mass is 9.91. The second-order valence-electron chi connectivity index (χ2n) is 14.6. The highest BCUT2D eigenvalue weighted by molar-refractivity contribution is 7.09. The lowest BCUT2D eigenvalue weighted by Gasteiger charge is -2.39. The van der Waals surface area contributed by atoms with Crippen molar-refractivity contribution in [3.8, 4) is 0 Å². The van der Waals surface area contributed by atoms with E-state index in [1.807, 2.05) is 76.8 Å². The lowest BCUT2D eigenvalue weighted by Crippen LogP contribution is -2.58. The Balaban J connectivity index is 2.39. The van der Waals surface area contributed by atoms with E-state index in [4.69, 9.17) is 15.5 Å². The van der Waals surface area contributed by atoms with Crippen LogP contribution < -0.4 is 16.4 Å². The van der Waals surface area contributed by atoms with Crippen LogP contribution >= 0.6 is 11.3 Å². The fourth-order valence-electron chi connectivity index (χ4n) is 6.20. The van der Waals surface area contributed by atoms with Crippen molar-refractivity contribution in [3.05, 3.63) is 52.0 Å². The van der Waals surface area contributed by atoms with E-state index in [1.165, 1.54) is 11.3 Å². The molecule has 2 aromatic rings. The molecule has 0 aliphatic carbocycles. The van der Waals surface area contributed by atoms with Crippen LogP contribution in [0.15, 0.2) is 35.7 Å². The molecule has 292 valence electrons. The van der Waals surface area contributed by atoms with Crippen LogP contribution in [-0.4, -0.2) is 76.0 Å². The summed E-state index contributed by atoms with van der Waals surface area (Å²) in [5.74, 6) is -2.45. The van der Waals surface area contributed by atoms with Crippen LogP contribution in [0.5, 0.6) is 0 Å². The highest BCUT2D eigenvalue weighted by Gasteiger charge is 2.37. The molecule has 0 radical (unpaired) electrons. The average molecular weight is 744 g/mol. The normalized spacial score (nSPS) is 16.2. The third-order valence-corrected chi connectivity index (χ3v) is 10.9. The molecule has 5 N–H and O–H groups in total. The van der Waals surface area contributed by atoms with E-state index in [9.17, 15) is 24.3 Å². The number of carboxylic acids is 1. The zero-order valence-corrected chi connectivity index (χ0v) is 33.7. The standard InChI is InChI=1S/C40H65N5O6S/c1-10-19-45(39(48)35(27(8)13-4)44-37(47)34(41)26(7)12-3)32(25(5)6)23-33(51-20-11-2)38-43-31(24-52-38)36(46)42-30(21-28(9)40(49)50)22-29-17-15-14-16-18-29/h14-18,24-28,30,32-35H,10-13,19-23,41H2,1-9H3,(H,42,46)(H,44,47)(H,49,50)/t26-,27-,28-,30+,32+,33+,34+,35-/m0/s1. The Hall–Kier alpha value is -3.35. The molecule has 0 unspecified atom stereocenters. The Labute approximate surface area is 315 Å². The van der Waals surface area contributed by atoms with Gasteiger partial charge in [-0.3, -0.25) is 19.2 Å². The van der Waals surface area contributed by atoms with E-state index in [0.717, 1.165) is 24.8 Å². The van der Waals surface area contributed by atoms with E-state index < -0.39 is 36.1 Å². The highest BCUT2D eigenvalue weighted by atomic mass is 32.1. The molecular weight excluding hydrogens is 679 g/mol. The first-order valence-electron chi connectivity index (χ1n) is 19.2. The summed E-state index contributed by atoms with van der Waals surface area (Å²) in [5.41, 5.74) is 7.53. The molecular formula is C40H65N5O6S. The molecule has 3 amide bonds. The van der Waals surface area contributed by atoms with Gasteiger partial charge in [0, 0.05) is 37.0 Å². The van der Waals surface area contributed by atoms with Crippen molar-refractivity contribution >= 4 is 35.0 Å². The van der Waals surface area contributed by atoms with Crippen LogP contribution in [-0.2, 0) is 25.5 Å². The Morgan fingerprint density at radius 2 is 1.58 bits per heavy atom.